The van der Waals surface area contributed by atoms with Crippen molar-refractivity contribution in [3.63, 3.8) is 0 Å². The summed E-state index contributed by atoms with van der Waals surface area (Å²) in [5.41, 5.74) is 1.02. The van der Waals surface area contributed by atoms with E-state index >= 15 is 0 Å². The van der Waals surface area contributed by atoms with E-state index in [-0.39, 0.29) is 0 Å². The Morgan fingerprint density at radius 1 is 1.31 bits per heavy atom. The van der Waals surface area contributed by atoms with Crippen molar-refractivity contribution in [3.8, 4) is 5.75 Å². The van der Waals surface area contributed by atoms with E-state index in [0.29, 0.717) is 5.75 Å². The third-order valence-corrected chi connectivity index (χ3v) is 3.89. The SMILES string of the molecule is CCCCN(C)Cc1cc(I)cc(I)c1O. The van der Waals surface area contributed by atoms with Crippen LogP contribution in [0.15, 0.2) is 12.1 Å². The van der Waals surface area contributed by atoms with Crippen LogP contribution in [0.1, 0.15) is 25.3 Å². The van der Waals surface area contributed by atoms with Crippen molar-refractivity contribution in [2.24, 2.45) is 0 Å². The monoisotopic (exact) mass is 445 g/mol. The summed E-state index contributed by atoms with van der Waals surface area (Å²) in [6, 6.07) is 4.05. The van der Waals surface area contributed by atoms with Gasteiger partial charge in [0, 0.05) is 15.7 Å². The van der Waals surface area contributed by atoms with Gasteiger partial charge < -0.3 is 10.0 Å². The van der Waals surface area contributed by atoms with Gasteiger partial charge in [0.1, 0.15) is 5.75 Å². The molecule has 1 aromatic rings. The van der Waals surface area contributed by atoms with Crippen molar-refractivity contribution in [2.75, 3.05) is 13.6 Å². The summed E-state index contributed by atoms with van der Waals surface area (Å²) in [6.07, 6.45) is 2.42. The predicted octanol–water partition coefficient (Wildman–Crippen LogP) is 3.83. The van der Waals surface area contributed by atoms with E-state index in [2.05, 4.69) is 70.1 Å². The molecule has 90 valence electrons. The van der Waals surface area contributed by atoms with Crippen LogP contribution in [0.25, 0.3) is 0 Å². The summed E-state index contributed by atoms with van der Waals surface area (Å²) in [6.45, 7) is 4.09. The number of aromatic hydroxyl groups is 1. The average molecular weight is 445 g/mol. The number of phenolic OH excluding ortho intramolecular Hbond substituents is 1. The smallest absolute Gasteiger partial charge is 0.133 e. The minimum Gasteiger partial charge on any atom is -0.507 e. The quantitative estimate of drug-likeness (QED) is 0.697. The molecule has 0 atom stereocenters. The molecule has 16 heavy (non-hydrogen) atoms. The average Bonchev–Trinajstić information content (AvgIpc) is 2.22. The van der Waals surface area contributed by atoms with E-state index in [0.717, 1.165) is 22.2 Å². The second-order valence-electron chi connectivity index (χ2n) is 3.99. The molecule has 0 fully saturated rings. The number of halogens is 2. The number of benzene rings is 1. The molecule has 0 aliphatic carbocycles. The Balaban J connectivity index is 2.72. The molecule has 0 saturated heterocycles. The molecular weight excluding hydrogens is 428 g/mol. The molecule has 0 spiro atoms. The van der Waals surface area contributed by atoms with Crippen LogP contribution in [0.2, 0.25) is 0 Å². The number of hydrogen-bond donors (Lipinski definition) is 1. The highest BCUT2D eigenvalue weighted by Crippen LogP contribution is 2.27. The Hall–Kier alpha value is 0.440. The molecule has 0 heterocycles. The van der Waals surface area contributed by atoms with Gasteiger partial charge in [-0.2, -0.15) is 0 Å². The minimum absolute atomic E-state index is 0.435. The molecule has 0 aliphatic rings. The van der Waals surface area contributed by atoms with Crippen LogP contribution in [-0.4, -0.2) is 23.6 Å². The van der Waals surface area contributed by atoms with Crippen LogP contribution < -0.4 is 0 Å². The number of phenols is 1. The molecule has 0 aromatic heterocycles. The van der Waals surface area contributed by atoms with E-state index < -0.39 is 0 Å². The molecule has 0 amide bonds. The van der Waals surface area contributed by atoms with E-state index in [9.17, 15) is 5.11 Å². The molecular formula is C12H17I2NO. The summed E-state index contributed by atoms with van der Waals surface area (Å²) in [4.78, 5) is 2.25. The zero-order chi connectivity index (χ0) is 12.1. The highest BCUT2D eigenvalue weighted by atomic mass is 127. The summed E-state index contributed by atoms with van der Waals surface area (Å²) in [7, 11) is 2.10. The van der Waals surface area contributed by atoms with Gasteiger partial charge in [-0.05, 0) is 77.3 Å². The minimum atomic E-state index is 0.435. The second kappa shape index (κ2) is 7.00. The van der Waals surface area contributed by atoms with Crippen molar-refractivity contribution in [3.05, 3.63) is 24.8 Å². The summed E-state index contributed by atoms with van der Waals surface area (Å²) in [5.74, 6) is 0.435. The van der Waals surface area contributed by atoms with Crippen molar-refractivity contribution < 1.29 is 5.11 Å². The molecule has 1 aromatic carbocycles. The Bertz CT molecular complexity index is 355. The number of nitrogens with zero attached hydrogens (tertiary/aromatic N) is 1. The number of hydrogen-bond acceptors (Lipinski definition) is 2. The summed E-state index contributed by atoms with van der Waals surface area (Å²) >= 11 is 4.47. The Morgan fingerprint density at radius 2 is 2.00 bits per heavy atom. The molecule has 0 bridgehead atoms. The van der Waals surface area contributed by atoms with Gasteiger partial charge >= 0.3 is 0 Å². The van der Waals surface area contributed by atoms with E-state index in [1.165, 1.54) is 16.4 Å². The van der Waals surface area contributed by atoms with Gasteiger partial charge in [0.05, 0.1) is 3.57 Å². The fourth-order valence-electron chi connectivity index (χ4n) is 1.54. The lowest BCUT2D eigenvalue weighted by Gasteiger charge is -2.17. The largest absolute Gasteiger partial charge is 0.507 e. The number of rotatable bonds is 5. The topological polar surface area (TPSA) is 23.5 Å². The Labute approximate surface area is 125 Å². The normalized spacial score (nSPS) is 11.1. The van der Waals surface area contributed by atoms with Gasteiger partial charge in [-0.1, -0.05) is 13.3 Å². The van der Waals surface area contributed by atoms with Crippen LogP contribution in [0.3, 0.4) is 0 Å². The summed E-state index contributed by atoms with van der Waals surface area (Å²) < 4.78 is 2.11. The standard InChI is InChI=1S/C12H17I2NO/c1-3-4-5-15(2)8-9-6-10(13)7-11(14)12(9)16/h6-7,16H,3-5,8H2,1-2H3. The molecule has 1 rings (SSSR count). The highest BCUT2D eigenvalue weighted by Gasteiger charge is 2.09. The third kappa shape index (κ3) is 4.37. The number of unbranched alkanes of at least 4 members (excludes halogenated alkanes) is 1. The highest BCUT2D eigenvalue weighted by molar-refractivity contribution is 14.1. The first-order valence-corrected chi connectivity index (χ1v) is 7.55. The van der Waals surface area contributed by atoms with Gasteiger partial charge in [-0.25, -0.2) is 0 Å². The van der Waals surface area contributed by atoms with Gasteiger partial charge in [0.25, 0.3) is 0 Å². The molecule has 1 N–H and O–H groups in total. The Kier molecular flexibility index (Phi) is 6.35. The molecule has 0 saturated carbocycles. The second-order valence-corrected chi connectivity index (χ2v) is 6.39. The fraction of sp³-hybridized carbons (Fsp3) is 0.500. The maximum atomic E-state index is 9.96. The van der Waals surface area contributed by atoms with Crippen molar-refractivity contribution in [2.45, 2.75) is 26.3 Å². The van der Waals surface area contributed by atoms with Crippen molar-refractivity contribution in [1.82, 2.24) is 4.90 Å². The maximum absolute atomic E-state index is 9.96. The Morgan fingerprint density at radius 3 is 2.62 bits per heavy atom. The van der Waals surface area contributed by atoms with Gasteiger partial charge in [0.2, 0.25) is 0 Å². The zero-order valence-electron chi connectivity index (χ0n) is 9.63. The molecule has 0 unspecified atom stereocenters. The van der Waals surface area contributed by atoms with Crippen LogP contribution in [0, 0.1) is 7.14 Å². The predicted molar refractivity (Wildman–Crippen MR) is 84.8 cm³/mol. The lowest BCUT2D eigenvalue weighted by atomic mass is 10.2. The van der Waals surface area contributed by atoms with E-state index in [1.54, 1.807) is 0 Å². The van der Waals surface area contributed by atoms with Crippen molar-refractivity contribution >= 4 is 45.2 Å². The van der Waals surface area contributed by atoms with Gasteiger partial charge in [-0.3, -0.25) is 0 Å². The van der Waals surface area contributed by atoms with Gasteiger partial charge in [-0.15, -0.1) is 0 Å². The van der Waals surface area contributed by atoms with Crippen LogP contribution in [0.5, 0.6) is 5.75 Å². The first-order chi connectivity index (χ1) is 7.54. The summed E-state index contributed by atoms with van der Waals surface area (Å²) in [5, 5.41) is 9.96. The zero-order valence-corrected chi connectivity index (χ0v) is 13.9. The lowest BCUT2D eigenvalue weighted by molar-refractivity contribution is 0.314. The molecule has 4 heteroatoms. The third-order valence-electron chi connectivity index (χ3n) is 2.44. The molecule has 2 nitrogen and oxygen atoms in total. The molecule has 0 aliphatic heterocycles. The molecule has 0 radical (unpaired) electrons. The van der Waals surface area contributed by atoms with E-state index in [1.807, 2.05) is 6.07 Å². The lowest BCUT2D eigenvalue weighted by Crippen LogP contribution is -2.19. The maximum Gasteiger partial charge on any atom is 0.133 e. The van der Waals surface area contributed by atoms with Crippen LogP contribution in [0.4, 0.5) is 0 Å². The van der Waals surface area contributed by atoms with E-state index in [4.69, 9.17) is 0 Å². The van der Waals surface area contributed by atoms with Crippen LogP contribution in [-0.2, 0) is 6.54 Å². The van der Waals surface area contributed by atoms with Gasteiger partial charge in [0.15, 0.2) is 0 Å². The first-order valence-electron chi connectivity index (χ1n) is 5.40. The first kappa shape index (κ1) is 14.5. The van der Waals surface area contributed by atoms with Crippen LogP contribution >= 0.6 is 45.2 Å². The fourth-order valence-corrected chi connectivity index (χ4v) is 3.50. The van der Waals surface area contributed by atoms with Crippen molar-refractivity contribution in [1.29, 1.82) is 0 Å².